The number of ether oxygens (including phenoxy) is 1. The predicted molar refractivity (Wildman–Crippen MR) is 83.8 cm³/mol. The molecule has 0 radical (unpaired) electrons. The van der Waals surface area contributed by atoms with E-state index in [1.165, 1.54) is 24.2 Å². The van der Waals surface area contributed by atoms with Crippen molar-refractivity contribution in [3.63, 3.8) is 0 Å². The second-order valence-corrected chi connectivity index (χ2v) is 6.68. The number of thiazole rings is 1. The lowest BCUT2D eigenvalue weighted by Crippen LogP contribution is -2.33. The normalized spacial score (nSPS) is 22.5. The summed E-state index contributed by atoms with van der Waals surface area (Å²) < 4.78 is 5.42. The Balaban J connectivity index is 1.58. The van der Waals surface area contributed by atoms with Gasteiger partial charge in [0.2, 0.25) is 0 Å². The standard InChI is InChI=1S/C14H22N4O2S/c15-12-11(21-14(17-12)18-5-1-2-6-18)13(19)16-8-10-4-3-7-20-9-10/h10H,1-9,15H2,(H,16,19). The fourth-order valence-corrected chi connectivity index (χ4v) is 3.77. The summed E-state index contributed by atoms with van der Waals surface area (Å²) in [7, 11) is 0. The number of nitrogens with one attached hydrogen (secondary N) is 1. The van der Waals surface area contributed by atoms with Crippen LogP contribution in [0.1, 0.15) is 35.4 Å². The van der Waals surface area contributed by atoms with Crippen molar-refractivity contribution < 1.29 is 9.53 Å². The number of carbonyl (C=O) groups is 1. The van der Waals surface area contributed by atoms with Gasteiger partial charge >= 0.3 is 0 Å². The molecule has 0 aromatic carbocycles. The van der Waals surface area contributed by atoms with Gasteiger partial charge in [-0.3, -0.25) is 4.79 Å². The van der Waals surface area contributed by atoms with Crippen molar-refractivity contribution in [2.45, 2.75) is 25.7 Å². The van der Waals surface area contributed by atoms with Crippen LogP contribution in [-0.4, -0.2) is 43.7 Å². The lowest BCUT2D eigenvalue weighted by Gasteiger charge is -2.22. The van der Waals surface area contributed by atoms with Gasteiger partial charge in [-0.1, -0.05) is 11.3 Å². The van der Waals surface area contributed by atoms with Crippen LogP contribution in [0.5, 0.6) is 0 Å². The van der Waals surface area contributed by atoms with Crippen LogP contribution in [0.3, 0.4) is 0 Å². The van der Waals surface area contributed by atoms with Gasteiger partial charge in [-0.05, 0) is 31.6 Å². The minimum Gasteiger partial charge on any atom is -0.382 e. The van der Waals surface area contributed by atoms with E-state index in [0.29, 0.717) is 23.2 Å². The molecule has 1 aromatic heterocycles. The maximum atomic E-state index is 12.3. The molecule has 2 saturated heterocycles. The van der Waals surface area contributed by atoms with Crippen LogP contribution in [0.25, 0.3) is 0 Å². The van der Waals surface area contributed by atoms with E-state index in [4.69, 9.17) is 10.5 Å². The summed E-state index contributed by atoms with van der Waals surface area (Å²) in [6, 6.07) is 0. The molecule has 0 aliphatic carbocycles. The van der Waals surface area contributed by atoms with E-state index in [1.807, 2.05) is 0 Å². The fourth-order valence-electron chi connectivity index (χ4n) is 2.81. The molecule has 0 saturated carbocycles. The second kappa shape index (κ2) is 6.62. The first-order valence-electron chi connectivity index (χ1n) is 7.61. The van der Waals surface area contributed by atoms with Crippen molar-refractivity contribution in [2.75, 3.05) is 43.5 Å². The molecule has 1 unspecified atom stereocenters. The molecular formula is C14H22N4O2S. The maximum Gasteiger partial charge on any atom is 0.265 e. The molecule has 0 bridgehead atoms. The molecule has 1 atom stereocenters. The number of nitrogen functional groups attached to an aromatic ring is 1. The second-order valence-electron chi connectivity index (χ2n) is 5.70. The highest BCUT2D eigenvalue weighted by molar-refractivity contribution is 7.18. The Kier molecular flexibility index (Phi) is 4.60. The van der Waals surface area contributed by atoms with Crippen LogP contribution < -0.4 is 16.0 Å². The summed E-state index contributed by atoms with van der Waals surface area (Å²) in [5, 5.41) is 3.84. The van der Waals surface area contributed by atoms with Crippen molar-refractivity contribution in [1.29, 1.82) is 0 Å². The zero-order valence-corrected chi connectivity index (χ0v) is 13.0. The Morgan fingerprint density at radius 2 is 2.24 bits per heavy atom. The predicted octanol–water partition coefficient (Wildman–Crippen LogP) is 1.48. The van der Waals surface area contributed by atoms with Crippen molar-refractivity contribution in [3.8, 4) is 0 Å². The third-order valence-electron chi connectivity index (χ3n) is 4.03. The van der Waals surface area contributed by atoms with Crippen molar-refractivity contribution in [1.82, 2.24) is 10.3 Å². The van der Waals surface area contributed by atoms with Gasteiger partial charge in [0.15, 0.2) is 5.13 Å². The minimum atomic E-state index is -0.110. The number of hydrogen-bond acceptors (Lipinski definition) is 6. The van der Waals surface area contributed by atoms with Crippen molar-refractivity contribution >= 4 is 28.2 Å². The van der Waals surface area contributed by atoms with E-state index in [-0.39, 0.29) is 5.91 Å². The van der Waals surface area contributed by atoms with Gasteiger partial charge in [0.1, 0.15) is 10.7 Å². The summed E-state index contributed by atoms with van der Waals surface area (Å²) in [6.45, 7) is 4.24. The van der Waals surface area contributed by atoms with Gasteiger partial charge in [0, 0.05) is 26.2 Å². The third-order valence-corrected chi connectivity index (χ3v) is 5.16. The number of nitrogens with zero attached hydrogens (tertiary/aromatic N) is 2. The molecule has 2 fully saturated rings. The first kappa shape index (κ1) is 14.6. The molecule has 2 aliphatic rings. The molecule has 1 aromatic rings. The SMILES string of the molecule is Nc1nc(N2CCCC2)sc1C(=O)NCC1CCCOC1. The van der Waals surface area contributed by atoms with Gasteiger partial charge in [-0.15, -0.1) is 0 Å². The van der Waals surface area contributed by atoms with Crippen LogP contribution in [-0.2, 0) is 4.74 Å². The van der Waals surface area contributed by atoms with Crippen molar-refractivity contribution in [3.05, 3.63) is 4.88 Å². The van der Waals surface area contributed by atoms with Crippen LogP contribution in [0.4, 0.5) is 10.9 Å². The zero-order valence-electron chi connectivity index (χ0n) is 12.1. The Morgan fingerprint density at radius 3 is 2.95 bits per heavy atom. The highest BCUT2D eigenvalue weighted by Crippen LogP contribution is 2.30. The van der Waals surface area contributed by atoms with Crippen LogP contribution >= 0.6 is 11.3 Å². The average molecular weight is 310 g/mol. The molecule has 6 nitrogen and oxygen atoms in total. The monoisotopic (exact) mass is 310 g/mol. The lowest BCUT2D eigenvalue weighted by molar-refractivity contribution is 0.0537. The Labute approximate surface area is 128 Å². The fraction of sp³-hybridized carbons (Fsp3) is 0.714. The zero-order chi connectivity index (χ0) is 14.7. The molecule has 7 heteroatoms. The van der Waals surface area contributed by atoms with E-state index >= 15 is 0 Å². The summed E-state index contributed by atoms with van der Waals surface area (Å²) >= 11 is 1.40. The number of carbonyl (C=O) groups excluding carboxylic acids is 1. The van der Waals surface area contributed by atoms with E-state index in [2.05, 4.69) is 15.2 Å². The van der Waals surface area contributed by atoms with Crippen LogP contribution in [0.2, 0.25) is 0 Å². The number of amides is 1. The molecule has 21 heavy (non-hydrogen) atoms. The summed E-state index contributed by atoms with van der Waals surface area (Å²) in [4.78, 5) is 19.3. The number of rotatable bonds is 4. The molecule has 1 amide bonds. The highest BCUT2D eigenvalue weighted by atomic mass is 32.1. The largest absolute Gasteiger partial charge is 0.382 e. The minimum absolute atomic E-state index is 0.110. The number of aromatic nitrogens is 1. The van der Waals surface area contributed by atoms with Gasteiger partial charge in [0.25, 0.3) is 5.91 Å². The maximum absolute atomic E-state index is 12.3. The lowest BCUT2D eigenvalue weighted by atomic mass is 10.0. The first-order valence-corrected chi connectivity index (χ1v) is 8.43. The number of anilines is 2. The summed E-state index contributed by atoms with van der Waals surface area (Å²) in [6.07, 6.45) is 4.55. The van der Waals surface area contributed by atoms with Gasteiger partial charge in [-0.25, -0.2) is 4.98 Å². The molecule has 116 valence electrons. The molecule has 3 heterocycles. The van der Waals surface area contributed by atoms with Crippen LogP contribution in [0.15, 0.2) is 0 Å². The van der Waals surface area contributed by atoms with Gasteiger partial charge < -0.3 is 20.7 Å². The van der Waals surface area contributed by atoms with E-state index in [9.17, 15) is 4.79 Å². The first-order chi connectivity index (χ1) is 10.2. The van der Waals surface area contributed by atoms with Gasteiger partial charge in [-0.2, -0.15) is 0 Å². The molecule has 3 N–H and O–H groups in total. The van der Waals surface area contributed by atoms with E-state index in [0.717, 1.165) is 44.3 Å². The topological polar surface area (TPSA) is 80.5 Å². The summed E-state index contributed by atoms with van der Waals surface area (Å²) in [5.41, 5.74) is 5.91. The number of hydrogen-bond donors (Lipinski definition) is 2. The average Bonchev–Trinajstić information content (AvgIpc) is 3.15. The molecule has 2 aliphatic heterocycles. The Bertz CT molecular complexity index is 493. The highest BCUT2D eigenvalue weighted by Gasteiger charge is 2.22. The van der Waals surface area contributed by atoms with E-state index in [1.54, 1.807) is 0 Å². The molecule has 0 spiro atoms. The van der Waals surface area contributed by atoms with Crippen LogP contribution in [0, 0.1) is 5.92 Å². The molecule has 3 rings (SSSR count). The van der Waals surface area contributed by atoms with E-state index < -0.39 is 0 Å². The quantitative estimate of drug-likeness (QED) is 0.880. The summed E-state index contributed by atoms with van der Waals surface area (Å²) in [5.74, 6) is 0.648. The molecular weight excluding hydrogens is 288 g/mol. The number of nitrogens with two attached hydrogens (primary N) is 1. The Hall–Kier alpha value is -1.34. The third kappa shape index (κ3) is 3.47. The van der Waals surface area contributed by atoms with Crippen molar-refractivity contribution in [2.24, 2.45) is 5.92 Å². The smallest absolute Gasteiger partial charge is 0.265 e. The Morgan fingerprint density at radius 1 is 1.43 bits per heavy atom. The van der Waals surface area contributed by atoms with Gasteiger partial charge in [0.05, 0.1) is 6.61 Å².